The first-order valence-corrected chi connectivity index (χ1v) is 6.70. The second-order valence-electron chi connectivity index (χ2n) is 4.84. The minimum atomic E-state index is 0.258. The van der Waals surface area contributed by atoms with Crippen LogP contribution in [0.3, 0.4) is 0 Å². The molecule has 0 aliphatic heterocycles. The summed E-state index contributed by atoms with van der Waals surface area (Å²) in [5.41, 5.74) is 7.18. The summed E-state index contributed by atoms with van der Waals surface area (Å²) in [6.07, 6.45) is 1.02. The summed E-state index contributed by atoms with van der Waals surface area (Å²) in [6, 6.07) is 15.3. The molecule has 2 heteroatoms. The highest BCUT2D eigenvalue weighted by Crippen LogP contribution is 2.26. The first-order valence-electron chi connectivity index (χ1n) is 6.70. The molecule has 0 heterocycles. The molecule has 96 valence electrons. The maximum atomic E-state index is 5.86. The van der Waals surface area contributed by atoms with Gasteiger partial charge in [0.05, 0.1) is 0 Å². The number of benzene rings is 2. The Morgan fingerprint density at radius 1 is 1.11 bits per heavy atom. The Kier molecular flexibility index (Phi) is 4.21. The van der Waals surface area contributed by atoms with Crippen LogP contribution in [0.2, 0.25) is 0 Å². The third-order valence-electron chi connectivity index (χ3n) is 3.34. The largest absolute Gasteiger partial charge is 0.371 e. The van der Waals surface area contributed by atoms with Gasteiger partial charge >= 0.3 is 0 Å². The quantitative estimate of drug-likeness (QED) is 0.870. The van der Waals surface area contributed by atoms with Gasteiger partial charge in [-0.3, -0.25) is 0 Å². The molecule has 0 bridgehead atoms. The van der Waals surface area contributed by atoms with Crippen molar-refractivity contribution in [2.24, 2.45) is 5.73 Å². The molecular formula is C16H22N2. The maximum absolute atomic E-state index is 5.86. The van der Waals surface area contributed by atoms with E-state index >= 15 is 0 Å². The number of hydrogen-bond donors (Lipinski definition) is 1. The van der Waals surface area contributed by atoms with Crippen molar-refractivity contribution in [3.63, 3.8) is 0 Å². The number of fused-ring (bicyclic) bond motifs is 1. The van der Waals surface area contributed by atoms with E-state index in [9.17, 15) is 0 Å². The average molecular weight is 242 g/mol. The van der Waals surface area contributed by atoms with E-state index in [1.165, 1.54) is 16.5 Å². The van der Waals surface area contributed by atoms with Crippen LogP contribution in [0, 0.1) is 0 Å². The predicted octanol–water partition coefficient (Wildman–Crippen LogP) is 3.40. The van der Waals surface area contributed by atoms with Gasteiger partial charge in [0.25, 0.3) is 0 Å². The molecule has 0 saturated carbocycles. The number of nitrogens with two attached hydrogens (primary N) is 1. The van der Waals surface area contributed by atoms with Gasteiger partial charge in [0, 0.05) is 30.2 Å². The first kappa shape index (κ1) is 12.9. The third-order valence-corrected chi connectivity index (χ3v) is 3.34. The van der Waals surface area contributed by atoms with Gasteiger partial charge in [-0.05, 0) is 31.7 Å². The van der Waals surface area contributed by atoms with E-state index in [1.54, 1.807) is 0 Å². The monoisotopic (exact) mass is 242 g/mol. The highest BCUT2D eigenvalue weighted by atomic mass is 15.1. The molecule has 1 unspecified atom stereocenters. The highest BCUT2D eigenvalue weighted by molar-refractivity contribution is 5.94. The number of anilines is 1. The van der Waals surface area contributed by atoms with Gasteiger partial charge in [0.2, 0.25) is 0 Å². The van der Waals surface area contributed by atoms with Crippen LogP contribution < -0.4 is 10.6 Å². The summed E-state index contributed by atoms with van der Waals surface area (Å²) in [4.78, 5) is 2.41. The molecule has 0 spiro atoms. The van der Waals surface area contributed by atoms with Crippen LogP contribution in [0.5, 0.6) is 0 Å². The Morgan fingerprint density at radius 2 is 1.83 bits per heavy atom. The van der Waals surface area contributed by atoms with Crippen molar-refractivity contribution in [3.8, 4) is 0 Å². The Balaban J connectivity index is 2.32. The molecule has 0 aromatic heterocycles. The zero-order valence-electron chi connectivity index (χ0n) is 11.3. The van der Waals surface area contributed by atoms with Gasteiger partial charge < -0.3 is 10.6 Å². The van der Waals surface area contributed by atoms with E-state index in [2.05, 4.69) is 61.2 Å². The van der Waals surface area contributed by atoms with Crippen molar-refractivity contribution in [1.29, 1.82) is 0 Å². The molecule has 2 rings (SSSR count). The van der Waals surface area contributed by atoms with Crippen molar-refractivity contribution in [2.75, 3.05) is 18.0 Å². The zero-order chi connectivity index (χ0) is 13.0. The van der Waals surface area contributed by atoms with Crippen molar-refractivity contribution in [1.82, 2.24) is 0 Å². The smallest absolute Gasteiger partial charge is 0.0445 e. The van der Waals surface area contributed by atoms with Gasteiger partial charge in [-0.2, -0.15) is 0 Å². The summed E-state index contributed by atoms with van der Waals surface area (Å²) < 4.78 is 0. The van der Waals surface area contributed by atoms with E-state index < -0.39 is 0 Å². The summed E-state index contributed by atoms with van der Waals surface area (Å²) in [5, 5.41) is 2.63. The second-order valence-corrected chi connectivity index (χ2v) is 4.84. The van der Waals surface area contributed by atoms with Gasteiger partial charge in [-0.1, -0.05) is 36.4 Å². The molecule has 1 atom stereocenters. The fraction of sp³-hybridized carbons (Fsp3) is 0.375. The van der Waals surface area contributed by atoms with Crippen LogP contribution >= 0.6 is 0 Å². The van der Waals surface area contributed by atoms with Crippen LogP contribution in [0.1, 0.15) is 20.3 Å². The molecule has 0 saturated heterocycles. The van der Waals surface area contributed by atoms with Gasteiger partial charge in [-0.25, -0.2) is 0 Å². The fourth-order valence-electron chi connectivity index (χ4n) is 2.29. The first-order chi connectivity index (χ1) is 8.72. The minimum Gasteiger partial charge on any atom is -0.371 e. The molecular weight excluding hydrogens is 220 g/mol. The van der Waals surface area contributed by atoms with Crippen LogP contribution in [-0.2, 0) is 0 Å². The minimum absolute atomic E-state index is 0.258. The Hall–Kier alpha value is -1.54. The lowest BCUT2D eigenvalue weighted by Crippen LogP contribution is -2.29. The van der Waals surface area contributed by atoms with Crippen LogP contribution in [0.25, 0.3) is 10.8 Å². The molecule has 2 aromatic rings. The normalized spacial score (nSPS) is 12.6. The molecule has 0 radical (unpaired) electrons. The van der Waals surface area contributed by atoms with Crippen molar-refractivity contribution < 1.29 is 0 Å². The Labute approximate surface area is 109 Å². The highest BCUT2D eigenvalue weighted by Gasteiger charge is 2.08. The van der Waals surface area contributed by atoms with Crippen LogP contribution in [0.15, 0.2) is 42.5 Å². The third kappa shape index (κ3) is 2.82. The Morgan fingerprint density at radius 3 is 2.56 bits per heavy atom. The number of rotatable bonds is 5. The van der Waals surface area contributed by atoms with Crippen LogP contribution in [0.4, 0.5) is 5.69 Å². The molecule has 0 amide bonds. The summed E-state index contributed by atoms with van der Waals surface area (Å²) in [7, 11) is 0. The SMILES string of the molecule is CCN(CCC(C)N)c1cccc2ccccc12. The van der Waals surface area contributed by atoms with Crippen LogP contribution in [-0.4, -0.2) is 19.1 Å². The summed E-state index contributed by atoms with van der Waals surface area (Å²) >= 11 is 0. The van der Waals surface area contributed by atoms with Crippen molar-refractivity contribution >= 4 is 16.5 Å². The molecule has 2 aromatic carbocycles. The average Bonchev–Trinajstić information content (AvgIpc) is 2.39. The predicted molar refractivity (Wildman–Crippen MR) is 80.1 cm³/mol. The molecule has 2 nitrogen and oxygen atoms in total. The zero-order valence-corrected chi connectivity index (χ0v) is 11.3. The number of nitrogens with zero attached hydrogens (tertiary/aromatic N) is 1. The van der Waals surface area contributed by atoms with Gasteiger partial charge in [-0.15, -0.1) is 0 Å². The summed E-state index contributed by atoms with van der Waals surface area (Å²) in [5.74, 6) is 0. The van der Waals surface area contributed by atoms with E-state index in [0.29, 0.717) is 0 Å². The fourth-order valence-corrected chi connectivity index (χ4v) is 2.29. The molecule has 0 aliphatic rings. The topological polar surface area (TPSA) is 29.3 Å². The van der Waals surface area contributed by atoms with E-state index in [-0.39, 0.29) is 6.04 Å². The van der Waals surface area contributed by atoms with Crippen molar-refractivity contribution in [3.05, 3.63) is 42.5 Å². The Bertz CT molecular complexity index is 500. The lowest BCUT2D eigenvalue weighted by molar-refractivity contribution is 0.645. The van der Waals surface area contributed by atoms with E-state index in [4.69, 9.17) is 5.73 Å². The standard InChI is InChI=1S/C16H22N2/c1-3-18(12-11-13(2)17)16-10-6-8-14-7-4-5-9-15(14)16/h4-10,13H,3,11-12,17H2,1-2H3. The summed E-state index contributed by atoms with van der Waals surface area (Å²) in [6.45, 7) is 6.29. The number of hydrogen-bond acceptors (Lipinski definition) is 2. The molecule has 0 aliphatic carbocycles. The van der Waals surface area contributed by atoms with Crippen molar-refractivity contribution in [2.45, 2.75) is 26.3 Å². The molecule has 18 heavy (non-hydrogen) atoms. The molecule has 0 fully saturated rings. The molecule has 2 N–H and O–H groups in total. The van der Waals surface area contributed by atoms with E-state index in [0.717, 1.165) is 19.5 Å². The lowest BCUT2D eigenvalue weighted by Gasteiger charge is -2.25. The lowest BCUT2D eigenvalue weighted by atomic mass is 10.1. The van der Waals surface area contributed by atoms with E-state index in [1.807, 2.05) is 0 Å². The van der Waals surface area contributed by atoms with Gasteiger partial charge in [0.15, 0.2) is 0 Å². The maximum Gasteiger partial charge on any atom is 0.0445 e. The second kappa shape index (κ2) is 5.87. The van der Waals surface area contributed by atoms with Gasteiger partial charge in [0.1, 0.15) is 0 Å².